The molecule has 1 rings (SSSR count). The van der Waals surface area contributed by atoms with Gasteiger partial charge in [-0.2, -0.15) is 0 Å². The maximum atomic E-state index is 11.0. The highest BCUT2D eigenvalue weighted by Gasteiger charge is 2.13. The summed E-state index contributed by atoms with van der Waals surface area (Å²) in [5.74, 6) is -0.0165. The summed E-state index contributed by atoms with van der Waals surface area (Å²) in [6, 6.07) is 4.28. The zero-order valence-corrected chi connectivity index (χ0v) is 9.27. The Balaban J connectivity index is 2.80. The van der Waals surface area contributed by atoms with Gasteiger partial charge in [-0.25, -0.2) is 0 Å². The van der Waals surface area contributed by atoms with Crippen molar-refractivity contribution in [2.45, 2.75) is 12.5 Å². The van der Waals surface area contributed by atoms with Crippen LogP contribution in [0.1, 0.15) is 18.0 Å². The number of nitrogens with two attached hydrogens (primary N) is 1. The zero-order valence-electron chi connectivity index (χ0n) is 9.27. The number of hydrogen-bond acceptors (Lipinski definition) is 5. The minimum Gasteiger partial charge on any atom is -0.504 e. The molecule has 0 fully saturated rings. The second kappa shape index (κ2) is 5.37. The monoisotopic (exact) mass is 225 g/mol. The van der Waals surface area contributed by atoms with Crippen LogP contribution in [-0.2, 0) is 9.53 Å². The van der Waals surface area contributed by atoms with E-state index in [-0.39, 0.29) is 18.1 Å². The Kier molecular flexibility index (Phi) is 4.13. The number of methoxy groups -OCH3 is 2. The predicted octanol–water partition coefficient (Wildman–Crippen LogP) is 0.964. The average Bonchev–Trinajstić information content (AvgIpc) is 2.28. The topological polar surface area (TPSA) is 81.8 Å². The number of phenols is 1. The first kappa shape index (κ1) is 12.3. The summed E-state index contributed by atoms with van der Waals surface area (Å²) in [7, 11) is 2.77. The maximum Gasteiger partial charge on any atom is 0.307 e. The molecule has 1 aromatic rings. The molecule has 1 aromatic carbocycles. The third-order valence-corrected chi connectivity index (χ3v) is 2.25. The van der Waals surface area contributed by atoms with Crippen LogP contribution in [0.3, 0.4) is 0 Å². The van der Waals surface area contributed by atoms with Crippen LogP contribution < -0.4 is 10.5 Å². The summed E-state index contributed by atoms with van der Waals surface area (Å²) < 4.78 is 9.41. The third-order valence-electron chi connectivity index (χ3n) is 2.25. The molecule has 1 atom stereocenters. The molecule has 0 aliphatic heterocycles. The first-order chi connectivity index (χ1) is 7.58. The molecule has 0 bridgehead atoms. The van der Waals surface area contributed by atoms with Gasteiger partial charge in [0.2, 0.25) is 0 Å². The molecular weight excluding hydrogens is 210 g/mol. The molecule has 0 spiro atoms. The standard InChI is InChI=1S/C11H15NO4/c1-15-10-4-3-7(5-9(10)13)8(12)6-11(14)16-2/h3-5,8,13H,6,12H2,1-2H3/t8-/m1/s1. The Hall–Kier alpha value is -1.75. The van der Waals surface area contributed by atoms with Crippen molar-refractivity contribution >= 4 is 5.97 Å². The lowest BCUT2D eigenvalue weighted by Gasteiger charge is -2.12. The van der Waals surface area contributed by atoms with Crippen LogP contribution in [0.4, 0.5) is 0 Å². The molecule has 0 unspecified atom stereocenters. The van der Waals surface area contributed by atoms with E-state index in [0.29, 0.717) is 11.3 Å². The molecular formula is C11H15NO4. The van der Waals surface area contributed by atoms with Crippen LogP contribution in [0.5, 0.6) is 11.5 Å². The lowest BCUT2D eigenvalue weighted by atomic mass is 10.0. The number of phenolic OH excluding ortho intramolecular Hbond substituents is 1. The lowest BCUT2D eigenvalue weighted by Crippen LogP contribution is -2.16. The average molecular weight is 225 g/mol. The van der Waals surface area contributed by atoms with Gasteiger partial charge in [0.1, 0.15) is 0 Å². The van der Waals surface area contributed by atoms with Gasteiger partial charge in [-0.05, 0) is 17.7 Å². The number of aromatic hydroxyl groups is 1. The van der Waals surface area contributed by atoms with E-state index >= 15 is 0 Å². The van der Waals surface area contributed by atoms with Crippen molar-refractivity contribution in [2.75, 3.05) is 14.2 Å². The van der Waals surface area contributed by atoms with Gasteiger partial charge in [0.25, 0.3) is 0 Å². The van der Waals surface area contributed by atoms with Gasteiger partial charge in [-0.1, -0.05) is 6.07 Å². The van der Waals surface area contributed by atoms with Crippen LogP contribution in [0.25, 0.3) is 0 Å². The van der Waals surface area contributed by atoms with Crippen molar-refractivity contribution in [3.63, 3.8) is 0 Å². The van der Waals surface area contributed by atoms with Gasteiger partial charge < -0.3 is 20.3 Å². The van der Waals surface area contributed by atoms with E-state index in [0.717, 1.165) is 0 Å². The Bertz CT molecular complexity index is 378. The highest BCUT2D eigenvalue weighted by molar-refractivity contribution is 5.70. The van der Waals surface area contributed by atoms with Gasteiger partial charge in [0.15, 0.2) is 11.5 Å². The Morgan fingerprint density at radius 2 is 2.19 bits per heavy atom. The van der Waals surface area contributed by atoms with Gasteiger partial charge in [0.05, 0.1) is 20.6 Å². The van der Waals surface area contributed by atoms with E-state index in [1.54, 1.807) is 12.1 Å². The second-order valence-electron chi connectivity index (χ2n) is 3.32. The van der Waals surface area contributed by atoms with Crippen molar-refractivity contribution in [3.05, 3.63) is 23.8 Å². The first-order valence-corrected chi connectivity index (χ1v) is 4.77. The van der Waals surface area contributed by atoms with Crippen molar-refractivity contribution in [3.8, 4) is 11.5 Å². The lowest BCUT2D eigenvalue weighted by molar-refractivity contribution is -0.141. The van der Waals surface area contributed by atoms with Gasteiger partial charge in [-0.3, -0.25) is 4.79 Å². The number of benzene rings is 1. The second-order valence-corrected chi connectivity index (χ2v) is 3.32. The summed E-state index contributed by atoms with van der Waals surface area (Å²) >= 11 is 0. The Morgan fingerprint density at radius 3 is 2.69 bits per heavy atom. The largest absolute Gasteiger partial charge is 0.504 e. The van der Waals surface area contributed by atoms with Gasteiger partial charge in [0, 0.05) is 6.04 Å². The SMILES string of the molecule is COC(=O)C[C@@H](N)c1ccc(OC)c(O)c1. The number of ether oxygens (including phenoxy) is 2. The van der Waals surface area contributed by atoms with Crippen molar-refractivity contribution in [1.29, 1.82) is 0 Å². The molecule has 0 radical (unpaired) electrons. The summed E-state index contributed by atoms with van der Waals surface area (Å²) in [6.07, 6.45) is 0.0717. The van der Waals surface area contributed by atoms with E-state index < -0.39 is 6.04 Å². The van der Waals surface area contributed by atoms with E-state index in [1.807, 2.05) is 0 Å². The fourth-order valence-corrected chi connectivity index (χ4v) is 1.32. The van der Waals surface area contributed by atoms with Crippen LogP contribution in [-0.4, -0.2) is 25.3 Å². The molecule has 88 valence electrons. The summed E-state index contributed by atoms with van der Waals surface area (Å²) in [5.41, 5.74) is 6.44. The highest BCUT2D eigenvalue weighted by Crippen LogP contribution is 2.29. The fraction of sp³-hybridized carbons (Fsp3) is 0.364. The molecule has 0 heterocycles. The minimum atomic E-state index is -0.496. The van der Waals surface area contributed by atoms with E-state index in [2.05, 4.69) is 4.74 Å². The fourth-order valence-electron chi connectivity index (χ4n) is 1.32. The molecule has 0 aliphatic carbocycles. The number of carbonyl (C=O) groups excluding carboxylic acids is 1. The van der Waals surface area contributed by atoms with Crippen molar-refractivity contribution in [2.24, 2.45) is 5.73 Å². The van der Waals surface area contributed by atoms with E-state index in [4.69, 9.17) is 10.5 Å². The van der Waals surface area contributed by atoms with Gasteiger partial charge in [-0.15, -0.1) is 0 Å². The summed E-state index contributed by atoms with van der Waals surface area (Å²) in [6.45, 7) is 0. The van der Waals surface area contributed by atoms with Crippen LogP contribution >= 0.6 is 0 Å². The predicted molar refractivity (Wildman–Crippen MR) is 58.2 cm³/mol. The van der Waals surface area contributed by atoms with Crippen LogP contribution in [0.15, 0.2) is 18.2 Å². The quantitative estimate of drug-likeness (QED) is 0.746. The maximum absolute atomic E-state index is 11.0. The molecule has 0 amide bonds. The molecule has 3 N–H and O–H groups in total. The number of rotatable bonds is 4. The molecule has 0 aromatic heterocycles. The molecule has 5 nitrogen and oxygen atoms in total. The number of carbonyl (C=O) groups is 1. The molecule has 0 saturated heterocycles. The number of hydrogen-bond donors (Lipinski definition) is 2. The van der Waals surface area contributed by atoms with E-state index in [1.165, 1.54) is 20.3 Å². The number of esters is 1. The minimum absolute atomic E-state index is 0.000292. The first-order valence-electron chi connectivity index (χ1n) is 4.77. The highest BCUT2D eigenvalue weighted by atomic mass is 16.5. The summed E-state index contributed by atoms with van der Waals surface area (Å²) in [4.78, 5) is 11.0. The van der Waals surface area contributed by atoms with Gasteiger partial charge >= 0.3 is 5.97 Å². The van der Waals surface area contributed by atoms with Crippen molar-refractivity contribution < 1.29 is 19.4 Å². The molecule has 0 aliphatic rings. The Labute approximate surface area is 93.8 Å². The van der Waals surface area contributed by atoms with E-state index in [9.17, 15) is 9.90 Å². The molecule has 0 saturated carbocycles. The van der Waals surface area contributed by atoms with Crippen LogP contribution in [0.2, 0.25) is 0 Å². The van der Waals surface area contributed by atoms with Crippen molar-refractivity contribution in [1.82, 2.24) is 0 Å². The third kappa shape index (κ3) is 2.87. The Morgan fingerprint density at radius 1 is 1.50 bits per heavy atom. The normalized spacial score (nSPS) is 11.9. The molecule has 16 heavy (non-hydrogen) atoms. The molecule has 5 heteroatoms. The zero-order chi connectivity index (χ0) is 12.1. The summed E-state index contributed by atoms with van der Waals surface area (Å²) in [5, 5.41) is 9.53. The smallest absolute Gasteiger partial charge is 0.307 e. The van der Waals surface area contributed by atoms with Crippen LogP contribution in [0, 0.1) is 0 Å².